The average Bonchev–Trinajstić information content (AvgIpc) is 3.11. The quantitative estimate of drug-likeness (QED) is 0.641. The topological polar surface area (TPSA) is 82.7 Å². The summed E-state index contributed by atoms with van der Waals surface area (Å²) in [6, 6.07) is 10.1. The van der Waals surface area contributed by atoms with Gasteiger partial charge in [0.05, 0.1) is 17.1 Å². The van der Waals surface area contributed by atoms with Gasteiger partial charge in [0.2, 0.25) is 5.91 Å². The highest BCUT2D eigenvalue weighted by molar-refractivity contribution is 5.94. The van der Waals surface area contributed by atoms with Crippen molar-refractivity contribution in [3.8, 4) is 0 Å². The van der Waals surface area contributed by atoms with Crippen molar-refractivity contribution in [2.75, 3.05) is 10.6 Å². The average molecular weight is 343 g/mol. The van der Waals surface area contributed by atoms with Crippen LogP contribution in [-0.4, -0.2) is 21.1 Å². The molecular formula is C17H15F2N5O. The van der Waals surface area contributed by atoms with Crippen molar-refractivity contribution >= 4 is 23.0 Å². The minimum Gasteiger partial charge on any atom is -0.351 e. The first-order chi connectivity index (χ1) is 12.1. The van der Waals surface area contributed by atoms with Crippen LogP contribution < -0.4 is 10.6 Å². The Morgan fingerprint density at radius 2 is 1.88 bits per heavy atom. The molecule has 0 aliphatic carbocycles. The number of aromatic amines is 1. The molecule has 1 amide bonds. The number of carbonyl (C=O) groups is 1. The second-order valence-corrected chi connectivity index (χ2v) is 5.28. The number of hydrogen-bond acceptors (Lipinski definition) is 4. The molecule has 1 aromatic heterocycles. The molecule has 0 bridgehead atoms. The largest absolute Gasteiger partial charge is 0.351 e. The smallest absolute Gasteiger partial charge is 0.224 e. The Morgan fingerprint density at radius 1 is 1.08 bits per heavy atom. The van der Waals surface area contributed by atoms with Gasteiger partial charge >= 0.3 is 0 Å². The maximum absolute atomic E-state index is 13.8. The Balaban J connectivity index is 1.69. The number of amides is 1. The number of para-hydroxylation sites is 2. The van der Waals surface area contributed by atoms with Gasteiger partial charge in [-0.15, -0.1) is 0 Å². The molecule has 0 radical (unpaired) electrons. The van der Waals surface area contributed by atoms with Crippen LogP contribution in [0.2, 0.25) is 0 Å². The third-order valence-electron chi connectivity index (χ3n) is 3.46. The fraction of sp³-hybridized carbons (Fsp3) is 0.118. The van der Waals surface area contributed by atoms with Crippen molar-refractivity contribution in [1.82, 2.24) is 15.2 Å². The molecule has 128 valence electrons. The highest BCUT2D eigenvalue weighted by Gasteiger charge is 2.10. The zero-order valence-electron chi connectivity index (χ0n) is 13.1. The molecular weight excluding hydrogens is 328 g/mol. The van der Waals surface area contributed by atoms with E-state index in [0.29, 0.717) is 23.6 Å². The molecule has 1 heterocycles. The number of benzene rings is 2. The number of nitrogens with one attached hydrogen (secondary N) is 3. The van der Waals surface area contributed by atoms with Crippen molar-refractivity contribution in [2.45, 2.75) is 12.8 Å². The summed E-state index contributed by atoms with van der Waals surface area (Å²) >= 11 is 0. The van der Waals surface area contributed by atoms with Gasteiger partial charge in [0, 0.05) is 18.9 Å². The summed E-state index contributed by atoms with van der Waals surface area (Å²) in [4.78, 5) is 16.1. The molecule has 0 aliphatic heterocycles. The molecule has 0 unspecified atom stereocenters. The molecule has 3 rings (SSSR count). The summed E-state index contributed by atoms with van der Waals surface area (Å²) in [6.45, 7) is 0. The van der Waals surface area contributed by atoms with Gasteiger partial charge in [-0.3, -0.25) is 9.89 Å². The lowest BCUT2D eigenvalue weighted by molar-refractivity contribution is -0.116. The van der Waals surface area contributed by atoms with Gasteiger partial charge in [0.15, 0.2) is 0 Å². The first-order valence-electron chi connectivity index (χ1n) is 7.57. The zero-order valence-corrected chi connectivity index (χ0v) is 13.1. The number of aryl methyl sites for hydroxylation is 1. The number of halogens is 2. The van der Waals surface area contributed by atoms with Crippen LogP contribution in [0.5, 0.6) is 0 Å². The van der Waals surface area contributed by atoms with Crippen molar-refractivity contribution in [1.29, 1.82) is 0 Å². The number of H-pyrrole nitrogens is 1. The lowest BCUT2D eigenvalue weighted by Gasteiger charge is -2.13. The van der Waals surface area contributed by atoms with Crippen LogP contribution in [0, 0.1) is 11.6 Å². The fourth-order valence-corrected chi connectivity index (χ4v) is 2.23. The van der Waals surface area contributed by atoms with Gasteiger partial charge in [-0.2, -0.15) is 5.10 Å². The van der Waals surface area contributed by atoms with Crippen LogP contribution in [0.1, 0.15) is 12.2 Å². The molecule has 0 saturated carbocycles. The molecule has 0 fully saturated rings. The molecule has 0 aliphatic rings. The van der Waals surface area contributed by atoms with Crippen LogP contribution in [-0.2, 0) is 11.2 Å². The lowest BCUT2D eigenvalue weighted by Crippen LogP contribution is -2.14. The van der Waals surface area contributed by atoms with Crippen molar-refractivity contribution in [3.05, 3.63) is 66.3 Å². The van der Waals surface area contributed by atoms with E-state index >= 15 is 0 Å². The van der Waals surface area contributed by atoms with E-state index in [1.165, 1.54) is 12.4 Å². The van der Waals surface area contributed by atoms with Crippen molar-refractivity contribution < 1.29 is 13.6 Å². The maximum Gasteiger partial charge on any atom is 0.224 e. The van der Waals surface area contributed by atoms with E-state index in [9.17, 15) is 13.6 Å². The number of rotatable bonds is 6. The van der Waals surface area contributed by atoms with E-state index in [1.54, 1.807) is 24.3 Å². The molecule has 0 atom stereocenters. The summed E-state index contributed by atoms with van der Waals surface area (Å²) in [7, 11) is 0. The Hall–Kier alpha value is -3.29. The molecule has 0 saturated heterocycles. The molecule has 3 N–H and O–H groups in total. The normalized spacial score (nSPS) is 10.5. The predicted molar refractivity (Wildman–Crippen MR) is 89.4 cm³/mol. The Bertz CT molecular complexity index is 867. The minimum absolute atomic E-state index is 0.116. The summed E-state index contributed by atoms with van der Waals surface area (Å²) in [5, 5.41) is 12.0. The molecule has 8 heteroatoms. The molecule has 0 spiro atoms. The van der Waals surface area contributed by atoms with E-state index in [1.807, 2.05) is 0 Å². The number of anilines is 3. The monoisotopic (exact) mass is 343 g/mol. The Kier molecular flexibility index (Phi) is 4.98. The summed E-state index contributed by atoms with van der Waals surface area (Å²) in [6.07, 6.45) is 2.02. The third-order valence-corrected chi connectivity index (χ3v) is 3.46. The molecule has 2 aromatic carbocycles. The van der Waals surface area contributed by atoms with Crippen molar-refractivity contribution in [2.24, 2.45) is 0 Å². The van der Waals surface area contributed by atoms with Crippen LogP contribution in [0.4, 0.5) is 25.8 Å². The number of hydrogen-bond donors (Lipinski definition) is 3. The Morgan fingerprint density at radius 3 is 2.60 bits per heavy atom. The van der Waals surface area contributed by atoms with Crippen LogP contribution >= 0.6 is 0 Å². The SMILES string of the molecule is O=C(CCc1ncn[nH]1)Nc1ccccc1Nc1ccc(F)cc1F. The van der Waals surface area contributed by atoms with E-state index in [4.69, 9.17) is 0 Å². The minimum atomic E-state index is -0.716. The van der Waals surface area contributed by atoms with E-state index in [0.717, 1.165) is 12.1 Å². The van der Waals surface area contributed by atoms with Gasteiger partial charge in [0.1, 0.15) is 23.8 Å². The standard InChI is InChI=1S/C17H15F2N5O/c18-11-5-6-13(12(19)9-11)22-14-3-1-2-4-15(14)23-17(25)8-7-16-20-10-21-24-16/h1-6,9-10,22H,7-8H2,(H,23,25)(H,20,21,24). The first kappa shape index (κ1) is 16.6. The fourth-order valence-electron chi connectivity index (χ4n) is 2.23. The second kappa shape index (κ2) is 7.52. The van der Waals surface area contributed by atoms with Crippen LogP contribution in [0.15, 0.2) is 48.8 Å². The number of carbonyl (C=O) groups excluding carboxylic acids is 1. The summed E-state index contributed by atoms with van der Waals surface area (Å²) in [5.41, 5.74) is 1.11. The van der Waals surface area contributed by atoms with Gasteiger partial charge in [-0.05, 0) is 24.3 Å². The maximum atomic E-state index is 13.8. The van der Waals surface area contributed by atoms with E-state index in [-0.39, 0.29) is 18.0 Å². The van der Waals surface area contributed by atoms with E-state index < -0.39 is 11.6 Å². The molecule has 6 nitrogen and oxygen atoms in total. The van der Waals surface area contributed by atoms with Gasteiger partial charge < -0.3 is 10.6 Å². The molecule has 25 heavy (non-hydrogen) atoms. The van der Waals surface area contributed by atoms with Crippen molar-refractivity contribution in [3.63, 3.8) is 0 Å². The lowest BCUT2D eigenvalue weighted by atomic mass is 10.2. The summed E-state index contributed by atoms with van der Waals surface area (Å²) in [5.74, 6) is -0.969. The van der Waals surface area contributed by atoms with Crippen LogP contribution in [0.3, 0.4) is 0 Å². The number of nitrogens with zero attached hydrogens (tertiary/aromatic N) is 2. The van der Waals surface area contributed by atoms with E-state index in [2.05, 4.69) is 25.8 Å². The predicted octanol–water partition coefficient (Wildman–Crippen LogP) is 3.40. The van der Waals surface area contributed by atoms with Crippen LogP contribution in [0.25, 0.3) is 0 Å². The second-order valence-electron chi connectivity index (χ2n) is 5.28. The number of aromatic nitrogens is 3. The Labute approximate surface area is 142 Å². The third kappa shape index (κ3) is 4.37. The summed E-state index contributed by atoms with van der Waals surface area (Å²) < 4.78 is 26.8. The zero-order chi connectivity index (χ0) is 17.6. The van der Waals surface area contributed by atoms with Gasteiger partial charge in [-0.25, -0.2) is 13.8 Å². The van der Waals surface area contributed by atoms with Gasteiger partial charge in [-0.1, -0.05) is 12.1 Å². The first-order valence-corrected chi connectivity index (χ1v) is 7.57. The highest BCUT2D eigenvalue weighted by Crippen LogP contribution is 2.27. The highest BCUT2D eigenvalue weighted by atomic mass is 19.1. The molecule has 3 aromatic rings. The van der Waals surface area contributed by atoms with Gasteiger partial charge in [0.25, 0.3) is 0 Å².